The number of benzene rings is 1. The number of fused-ring (bicyclic) bond motifs is 3. The summed E-state index contributed by atoms with van der Waals surface area (Å²) in [5, 5.41) is 33.2. The molecule has 0 saturated heterocycles. The Kier molecular flexibility index (Phi) is 9.72. The lowest BCUT2D eigenvalue weighted by atomic mass is 9.77. The molecule has 0 radical (unpaired) electrons. The van der Waals surface area contributed by atoms with E-state index < -0.39 is 30.1 Å². The third-order valence-corrected chi connectivity index (χ3v) is 6.52. The van der Waals surface area contributed by atoms with Gasteiger partial charge in [0.1, 0.15) is 12.2 Å². The quantitative estimate of drug-likeness (QED) is 0.304. The molecule has 2 aliphatic rings. The van der Waals surface area contributed by atoms with E-state index in [1.165, 1.54) is 7.11 Å². The monoisotopic (exact) mass is 506 g/mol. The normalized spacial score (nSPS) is 22.4. The van der Waals surface area contributed by atoms with Crippen LogP contribution < -0.4 is 14.8 Å². The summed E-state index contributed by atoms with van der Waals surface area (Å²) in [5.74, 6) is -0.774. The Morgan fingerprint density at radius 3 is 2.61 bits per heavy atom. The lowest BCUT2D eigenvalue weighted by Gasteiger charge is -2.41. The molecule has 1 aromatic carbocycles. The van der Waals surface area contributed by atoms with Gasteiger partial charge in [-0.25, -0.2) is 0 Å². The number of carbonyl (C=O) groups is 2. The van der Waals surface area contributed by atoms with Crippen molar-refractivity contribution in [3.8, 4) is 11.5 Å². The molecule has 0 bridgehead atoms. The van der Waals surface area contributed by atoms with Crippen LogP contribution in [0.15, 0.2) is 23.8 Å². The van der Waals surface area contributed by atoms with Gasteiger partial charge in [0.25, 0.3) is 0 Å². The second kappa shape index (κ2) is 12.5. The van der Waals surface area contributed by atoms with Gasteiger partial charge >= 0.3 is 0 Å². The van der Waals surface area contributed by atoms with Gasteiger partial charge in [-0.2, -0.15) is 0 Å². The van der Waals surface area contributed by atoms with Gasteiger partial charge in [0.15, 0.2) is 11.5 Å². The van der Waals surface area contributed by atoms with E-state index in [0.29, 0.717) is 54.4 Å². The molecule has 0 spiro atoms. The second-order valence-electron chi connectivity index (χ2n) is 9.25. The molecule has 3 rings (SSSR count). The molecule has 4 atom stereocenters. The first-order chi connectivity index (χ1) is 17.3. The maximum Gasteiger partial charge on any atom is 0.247 e. The fraction of sp³-hybridized carbons (Fsp3) is 0.615. The predicted molar refractivity (Wildman–Crippen MR) is 132 cm³/mol. The number of nitrogens with one attached hydrogen (secondary N) is 1. The fourth-order valence-electron chi connectivity index (χ4n) is 4.84. The largest absolute Gasteiger partial charge is 0.493 e. The van der Waals surface area contributed by atoms with Crippen LogP contribution in [-0.2, 0) is 20.9 Å². The van der Waals surface area contributed by atoms with E-state index in [0.717, 1.165) is 0 Å². The minimum absolute atomic E-state index is 0.0531. The van der Waals surface area contributed by atoms with E-state index >= 15 is 0 Å². The number of hydrogen-bond donors (Lipinski definition) is 4. The lowest BCUT2D eigenvalue weighted by molar-refractivity contribution is -0.140. The molecule has 2 amide bonds. The number of rotatable bonds is 12. The van der Waals surface area contributed by atoms with Crippen molar-refractivity contribution in [3.05, 3.63) is 34.9 Å². The summed E-state index contributed by atoms with van der Waals surface area (Å²) in [6, 6.07) is 2.58. The van der Waals surface area contributed by atoms with Gasteiger partial charge in [0.05, 0.1) is 32.3 Å². The van der Waals surface area contributed by atoms with E-state index in [1.807, 2.05) is 6.92 Å². The summed E-state index contributed by atoms with van der Waals surface area (Å²) in [6.45, 7) is 6.42. The highest BCUT2D eigenvalue weighted by atomic mass is 16.5. The highest BCUT2D eigenvalue weighted by Crippen LogP contribution is 2.51. The number of methoxy groups -OCH3 is 1. The molecule has 4 unspecified atom stereocenters. The maximum absolute atomic E-state index is 13.3. The van der Waals surface area contributed by atoms with Crippen molar-refractivity contribution < 1.29 is 39.1 Å². The zero-order valence-electron chi connectivity index (χ0n) is 21.4. The minimum atomic E-state index is -1.13. The summed E-state index contributed by atoms with van der Waals surface area (Å²) in [7, 11) is 1.48. The molecule has 0 fully saturated rings. The molecule has 36 heavy (non-hydrogen) atoms. The second-order valence-corrected chi connectivity index (χ2v) is 9.25. The number of amides is 2. The summed E-state index contributed by atoms with van der Waals surface area (Å²) < 4.78 is 17.1. The molecule has 10 nitrogen and oxygen atoms in total. The number of aliphatic hydroxyl groups is 3. The van der Waals surface area contributed by atoms with Crippen molar-refractivity contribution in [2.45, 2.75) is 58.0 Å². The van der Waals surface area contributed by atoms with Crippen LogP contribution in [-0.4, -0.2) is 90.3 Å². The van der Waals surface area contributed by atoms with Crippen LogP contribution in [0.25, 0.3) is 0 Å². The van der Waals surface area contributed by atoms with Gasteiger partial charge in [-0.3, -0.25) is 9.59 Å². The van der Waals surface area contributed by atoms with Gasteiger partial charge in [0, 0.05) is 43.4 Å². The van der Waals surface area contributed by atoms with Crippen molar-refractivity contribution in [1.29, 1.82) is 0 Å². The van der Waals surface area contributed by atoms with Crippen molar-refractivity contribution in [3.63, 3.8) is 0 Å². The third kappa shape index (κ3) is 5.67. The molecular weight excluding hydrogens is 468 g/mol. The standard InChI is InChI=1S/C26H38N2O8/c1-5-35-10-6-8-28(26(33)15(2)3)19-13-18(25(32)27-7-9-29)21-17-11-16(14-30)12-20(34-4)23(17)36-24(21)22(19)31/h11-13,15,19,21-22,24,29-31H,5-10,14H2,1-4H3,(H,27,32). The Labute approximate surface area is 211 Å². The van der Waals surface area contributed by atoms with Gasteiger partial charge < -0.3 is 39.7 Å². The van der Waals surface area contributed by atoms with Gasteiger partial charge in [0.2, 0.25) is 11.8 Å². The van der Waals surface area contributed by atoms with Crippen molar-refractivity contribution in [2.75, 3.05) is 40.0 Å². The SMILES string of the molecule is CCOCCCN(C(=O)C(C)C)C1C=C(C(=O)NCCO)C2c3cc(CO)cc(OC)c3OC2C1O. The molecule has 200 valence electrons. The van der Waals surface area contributed by atoms with Crippen molar-refractivity contribution in [1.82, 2.24) is 10.2 Å². The van der Waals surface area contributed by atoms with Crippen molar-refractivity contribution >= 4 is 11.8 Å². The van der Waals surface area contributed by atoms with Crippen LogP contribution in [0.3, 0.4) is 0 Å². The van der Waals surface area contributed by atoms with Crippen molar-refractivity contribution in [2.24, 2.45) is 5.92 Å². The summed E-state index contributed by atoms with van der Waals surface area (Å²) in [6.07, 6.45) is 0.213. The maximum atomic E-state index is 13.3. The van der Waals surface area contributed by atoms with Crippen LogP contribution in [0.1, 0.15) is 44.2 Å². The van der Waals surface area contributed by atoms with Crippen LogP contribution in [0.2, 0.25) is 0 Å². The zero-order chi connectivity index (χ0) is 26.4. The summed E-state index contributed by atoms with van der Waals surface area (Å²) in [4.78, 5) is 28.1. The molecule has 1 aromatic rings. The van der Waals surface area contributed by atoms with Crippen LogP contribution in [0.4, 0.5) is 0 Å². The third-order valence-electron chi connectivity index (χ3n) is 6.52. The molecule has 10 heteroatoms. The predicted octanol–water partition coefficient (Wildman–Crippen LogP) is 0.721. The van der Waals surface area contributed by atoms with Crippen LogP contribution in [0, 0.1) is 5.92 Å². The Hall–Kier alpha value is -2.66. The Morgan fingerprint density at radius 1 is 1.25 bits per heavy atom. The number of hydrogen-bond acceptors (Lipinski definition) is 8. The molecule has 1 aliphatic heterocycles. The molecular formula is C26H38N2O8. The average Bonchev–Trinajstić information content (AvgIpc) is 3.27. The van der Waals surface area contributed by atoms with E-state index in [9.17, 15) is 24.9 Å². The van der Waals surface area contributed by atoms with Gasteiger partial charge in [-0.05, 0) is 37.1 Å². The number of aliphatic hydroxyl groups excluding tert-OH is 3. The highest BCUT2D eigenvalue weighted by Gasteiger charge is 2.51. The van der Waals surface area contributed by atoms with E-state index in [-0.39, 0.29) is 31.6 Å². The van der Waals surface area contributed by atoms with E-state index in [2.05, 4.69) is 5.32 Å². The van der Waals surface area contributed by atoms with E-state index in [4.69, 9.17) is 14.2 Å². The topological polar surface area (TPSA) is 138 Å². The van der Waals surface area contributed by atoms with Gasteiger partial charge in [-0.15, -0.1) is 0 Å². The molecule has 0 saturated carbocycles. The first-order valence-electron chi connectivity index (χ1n) is 12.4. The van der Waals surface area contributed by atoms with E-state index in [1.54, 1.807) is 37.0 Å². The Bertz CT molecular complexity index is 964. The molecule has 1 heterocycles. The first-order valence-corrected chi connectivity index (χ1v) is 12.4. The molecule has 0 aromatic heterocycles. The average molecular weight is 507 g/mol. The first kappa shape index (κ1) is 27.9. The highest BCUT2D eigenvalue weighted by molar-refractivity contribution is 5.96. The molecule has 4 N–H and O–H groups in total. The number of nitrogens with zero attached hydrogens (tertiary/aromatic N) is 1. The fourth-order valence-corrected chi connectivity index (χ4v) is 4.84. The number of ether oxygens (including phenoxy) is 3. The van der Waals surface area contributed by atoms with Gasteiger partial charge in [-0.1, -0.05) is 13.8 Å². The van der Waals surface area contributed by atoms with Crippen LogP contribution >= 0.6 is 0 Å². The smallest absolute Gasteiger partial charge is 0.247 e. The van der Waals surface area contributed by atoms with Crippen LogP contribution in [0.5, 0.6) is 11.5 Å². The summed E-state index contributed by atoms with van der Waals surface area (Å²) >= 11 is 0. The Morgan fingerprint density at radius 2 is 2.00 bits per heavy atom. The zero-order valence-corrected chi connectivity index (χ0v) is 21.4. The minimum Gasteiger partial charge on any atom is -0.493 e. The lowest BCUT2D eigenvalue weighted by Crippen LogP contribution is -2.56. The molecule has 1 aliphatic carbocycles. The Balaban J connectivity index is 2.08. The number of carbonyl (C=O) groups excluding carboxylic acids is 2. The summed E-state index contributed by atoms with van der Waals surface area (Å²) in [5.41, 5.74) is 1.52.